The Morgan fingerprint density at radius 3 is 2.57 bits per heavy atom. The third-order valence-electron chi connectivity index (χ3n) is 6.21. The maximum Gasteiger partial charge on any atom is 0.161 e. The Bertz CT molecular complexity index is 896. The highest BCUT2D eigenvalue weighted by Crippen LogP contribution is 2.46. The second kappa shape index (κ2) is 7.54. The zero-order chi connectivity index (χ0) is 19.8. The third kappa shape index (κ3) is 3.50. The van der Waals surface area contributed by atoms with Crippen molar-refractivity contribution in [1.82, 2.24) is 0 Å². The van der Waals surface area contributed by atoms with E-state index in [0.29, 0.717) is 18.4 Å². The number of anilines is 1. The van der Waals surface area contributed by atoms with Crippen molar-refractivity contribution in [2.24, 2.45) is 0 Å². The summed E-state index contributed by atoms with van der Waals surface area (Å²) in [6.45, 7) is 10.0. The lowest BCUT2D eigenvalue weighted by Crippen LogP contribution is -2.33. The van der Waals surface area contributed by atoms with Gasteiger partial charge in [-0.2, -0.15) is 0 Å². The molecular weight excluding hydrogens is 346 g/mol. The molecule has 1 unspecified atom stereocenters. The summed E-state index contributed by atoms with van der Waals surface area (Å²) in [5.74, 6) is 2.07. The molecule has 1 heterocycles. The van der Waals surface area contributed by atoms with Crippen molar-refractivity contribution in [2.75, 3.05) is 11.6 Å². The van der Waals surface area contributed by atoms with Crippen LogP contribution in [0.2, 0.25) is 0 Å². The number of phenolic OH excluding ortho intramolecular Hbond substituents is 1. The molecule has 2 aromatic carbocycles. The standard InChI is InChI=1S/C25H31NO2/c1-16(2)19-8-10-21(11-9-19)26-14-22-18(4)13-23(27)24(25(22)28-15-26)20-7-5-6-17(3)12-20/h8-13,16,20,27H,5-7,14-15H2,1-4H3. The van der Waals surface area contributed by atoms with Crippen LogP contribution in [-0.2, 0) is 6.54 Å². The van der Waals surface area contributed by atoms with Gasteiger partial charge < -0.3 is 14.7 Å². The fourth-order valence-corrected chi connectivity index (χ4v) is 4.50. The van der Waals surface area contributed by atoms with Crippen molar-refractivity contribution in [2.45, 2.75) is 65.3 Å². The van der Waals surface area contributed by atoms with E-state index in [1.165, 1.54) is 28.8 Å². The molecule has 0 bridgehead atoms. The maximum absolute atomic E-state index is 10.7. The molecule has 0 aromatic heterocycles. The van der Waals surface area contributed by atoms with Crippen molar-refractivity contribution >= 4 is 5.69 Å². The van der Waals surface area contributed by atoms with Crippen molar-refractivity contribution in [3.8, 4) is 11.5 Å². The normalized spacial score (nSPS) is 19.2. The van der Waals surface area contributed by atoms with Gasteiger partial charge in [0, 0.05) is 22.7 Å². The van der Waals surface area contributed by atoms with Crippen LogP contribution >= 0.6 is 0 Å². The molecule has 148 valence electrons. The number of nitrogens with zero attached hydrogens (tertiary/aromatic N) is 1. The predicted octanol–water partition coefficient (Wildman–Crippen LogP) is 6.39. The smallest absolute Gasteiger partial charge is 0.161 e. The molecule has 4 rings (SSSR count). The topological polar surface area (TPSA) is 32.7 Å². The number of ether oxygens (including phenoxy) is 1. The first-order valence-electron chi connectivity index (χ1n) is 10.4. The second-order valence-electron chi connectivity index (χ2n) is 8.66. The number of fused-ring (bicyclic) bond motifs is 1. The number of aromatic hydroxyl groups is 1. The Morgan fingerprint density at radius 1 is 1.14 bits per heavy atom. The van der Waals surface area contributed by atoms with E-state index in [1.807, 2.05) is 6.07 Å². The Kier molecular flexibility index (Phi) is 5.09. The van der Waals surface area contributed by atoms with E-state index in [2.05, 4.69) is 62.9 Å². The van der Waals surface area contributed by atoms with Crippen LogP contribution in [0.1, 0.15) is 74.1 Å². The average Bonchev–Trinajstić information content (AvgIpc) is 2.68. The van der Waals surface area contributed by atoms with E-state index in [4.69, 9.17) is 4.74 Å². The molecule has 1 aliphatic carbocycles. The molecule has 3 nitrogen and oxygen atoms in total. The fourth-order valence-electron chi connectivity index (χ4n) is 4.50. The Balaban J connectivity index is 1.67. The van der Waals surface area contributed by atoms with Gasteiger partial charge in [-0.15, -0.1) is 0 Å². The van der Waals surface area contributed by atoms with Gasteiger partial charge in [0.15, 0.2) is 6.73 Å². The molecule has 2 aromatic rings. The first-order valence-corrected chi connectivity index (χ1v) is 10.4. The highest BCUT2D eigenvalue weighted by Gasteiger charge is 2.29. The molecule has 0 radical (unpaired) electrons. The summed E-state index contributed by atoms with van der Waals surface area (Å²) >= 11 is 0. The zero-order valence-corrected chi connectivity index (χ0v) is 17.5. The molecule has 2 aliphatic rings. The molecule has 1 aliphatic heterocycles. The lowest BCUT2D eigenvalue weighted by Gasteiger charge is -2.35. The minimum absolute atomic E-state index is 0.250. The first kappa shape index (κ1) is 18.9. The number of phenols is 1. The van der Waals surface area contributed by atoms with Crippen LogP contribution in [-0.4, -0.2) is 11.8 Å². The van der Waals surface area contributed by atoms with Crippen molar-refractivity contribution in [3.63, 3.8) is 0 Å². The van der Waals surface area contributed by atoms with Crippen molar-refractivity contribution in [3.05, 3.63) is 64.2 Å². The molecule has 3 heteroatoms. The van der Waals surface area contributed by atoms with Gasteiger partial charge in [-0.05, 0) is 68.4 Å². The van der Waals surface area contributed by atoms with E-state index < -0.39 is 0 Å². The number of hydrogen-bond acceptors (Lipinski definition) is 3. The van der Waals surface area contributed by atoms with Crippen LogP contribution in [0.25, 0.3) is 0 Å². The van der Waals surface area contributed by atoms with E-state index in [1.54, 1.807) is 0 Å². The van der Waals surface area contributed by atoms with Crippen molar-refractivity contribution < 1.29 is 9.84 Å². The molecule has 0 fully saturated rings. The van der Waals surface area contributed by atoms with E-state index in [-0.39, 0.29) is 5.92 Å². The minimum atomic E-state index is 0.250. The molecule has 0 saturated carbocycles. The first-order chi connectivity index (χ1) is 13.4. The van der Waals surface area contributed by atoms with Gasteiger partial charge in [0.1, 0.15) is 11.5 Å². The van der Waals surface area contributed by atoms with Crippen molar-refractivity contribution in [1.29, 1.82) is 0 Å². The van der Waals surface area contributed by atoms with Crippen LogP contribution in [0.5, 0.6) is 11.5 Å². The number of rotatable bonds is 3. The Hall–Kier alpha value is -2.42. The molecule has 0 amide bonds. The van der Waals surface area contributed by atoms with Gasteiger partial charge in [0.2, 0.25) is 0 Å². The molecule has 1 atom stereocenters. The third-order valence-corrected chi connectivity index (χ3v) is 6.21. The largest absolute Gasteiger partial charge is 0.507 e. The van der Waals surface area contributed by atoms with Gasteiger partial charge >= 0.3 is 0 Å². The van der Waals surface area contributed by atoms with Gasteiger partial charge in [-0.25, -0.2) is 0 Å². The lowest BCUT2D eigenvalue weighted by molar-refractivity contribution is 0.281. The van der Waals surface area contributed by atoms with E-state index >= 15 is 0 Å². The summed E-state index contributed by atoms with van der Waals surface area (Å²) in [4.78, 5) is 2.27. The molecule has 0 spiro atoms. The van der Waals surface area contributed by atoms with Crippen LogP contribution in [0.15, 0.2) is 42.0 Å². The summed E-state index contributed by atoms with van der Waals surface area (Å²) in [5, 5.41) is 10.7. The highest BCUT2D eigenvalue weighted by atomic mass is 16.5. The maximum atomic E-state index is 10.7. The monoisotopic (exact) mass is 377 g/mol. The number of aryl methyl sites for hydroxylation is 1. The zero-order valence-electron chi connectivity index (χ0n) is 17.5. The van der Waals surface area contributed by atoms with Gasteiger partial charge in [-0.1, -0.05) is 37.6 Å². The molecular formula is C25H31NO2. The van der Waals surface area contributed by atoms with Gasteiger partial charge in [0.25, 0.3) is 0 Å². The average molecular weight is 378 g/mol. The second-order valence-corrected chi connectivity index (χ2v) is 8.66. The number of hydrogen-bond donors (Lipinski definition) is 1. The van der Waals surface area contributed by atoms with E-state index in [9.17, 15) is 5.11 Å². The molecule has 1 N–H and O–H groups in total. The summed E-state index contributed by atoms with van der Waals surface area (Å²) in [6, 6.07) is 10.7. The summed E-state index contributed by atoms with van der Waals surface area (Å²) in [5.41, 5.74) is 7.21. The fraction of sp³-hybridized carbons (Fsp3) is 0.440. The quantitative estimate of drug-likeness (QED) is 0.629. The Morgan fingerprint density at radius 2 is 1.89 bits per heavy atom. The van der Waals surface area contributed by atoms with Gasteiger partial charge in [0.05, 0.1) is 6.54 Å². The van der Waals surface area contributed by atoms with Crippen LogP contribution in [0, 0.1) is 6.92 Å². The summed E-state index contributed by atoms with van der Waals surface area (Å²) in [7, 11) is 0. The summed E-state index contributed by atoms with van der Waals surface area (Å²) < 4.78 is 6.29. The highest BCUT2D eigenvalue weighted by molar-refractivity contribution is 5.60. The van der Waals surface area contributed by atoms with Crippen LogP contribution in [0.4, 0.5) is 5.69 Å². The number of allylic oxidation sites excluding steroid dienone is 2. The van der Waals surface area contributed by atoms with Crippen LogP contribution in [0.3, 0.4) is 0 Å². The minimum Gasteiger partial charge on any atom is -0.507 e. The lowest BCUT2D eigenvalue weighted by atomic mass is 9.83. The SMILES string of the molecule is CC1=CC(c2c(O)cc(C)c3c2OCN(c2ccc(C(C)C)cc2)C3)CCC1. The van der Waals surface area contributed by atoms with E-state index in [0.717, 1.165) is 36.3 Å². The molecule has 0 saturated heterocycles. The summed E-state index contributed by atoms with van der Waals surface area (Å²) in [6.07, 6.45) is 5.72. The van der Waals surface area contributed by atoms with Crippen LogP contribution < -0.4 is 9.64 Å². The number of benzene rings is 2. The Labute approximate surface area is 168 Å². The molecule has 28 heavy (non-hydrogen) atoms. The predicted molar refractivity (Wildman–Crippen MR) is 115 cm³/mol. The van der Waals surface area contributed by atoms with Gasteiger partial charge in [-0.3, -0.25) is 0 Å².